The molecule has 0 spiro atoms. The smallest absolute Gasteiger partial charge is 0.306 e. The van der Waals surface area contributed by atoms with Gasteiger partial charge in [0, 0.05) is 30.5 Å². The highest BCUT2D eigenvalue weighted by Gasteiger charge is 2.07. The maximum Gasteiger partial charge on any atom is 0.306 e. The van der Waals surface area contributed by atoms with Crippen LogP contribution < -0.4 is 0 Å². The second-order valence-electron chi connectivity index (χ2n) is 2.46. The molecular formula is C8H11NO4S. The van der Waals surface area contributed by atoms with Crippen molar-refractivity contribution in [1.82, 2.24) is 3.97 Å². The van der Waals surface area contributed by atoms with Crippen LogP contribution in [0.25, 0.3) is 0 Å². The van der Waals surface area contributed by atoms with E-state index in [1.54, 1.807) is 6.92 Å². The van der Waals surface area contributed by atoms with Crippen molar-refractivity contribution in [3.8, 4) is 11.8 Å². The second kappa shape index (κ2) is 4.80. The van der Waals surface area contributed by atoms with Crippen LogP contribution in [0, 0.1) is 0 Å². The number of esters is 1. The number of carbonyl (C=O) groups is 1. The summed E-state index contributed by atoms with van der Waals surface area (Å²) in [5.41, 5.74) is 0. The van der Waals surface area contributed by atoms with Gasteiger partial charge in [0.15, 0.2) is 5.94 Å². The standard InChI is InChI=1S/C8H11NO4S/c1-2-8(12)13-5-14-9-6(10)3-4-7(9)11/h3-4,10-11H,2,5H2,1H3. The van der Waals surface area contributed by atoms with Crippen LogP contribution in [0.2, 0.25) is 0 Å². The lowest BCUT2D eigenvalue weighted by molar-refractivity contribution is -0.141. The van der Waals surface area contributed by atoms with E-state index in [1.165, 1.54) is 16.1 Å². The molecule has 0 saturated heterocycles. The lowest BCUT2D eigenvalue weighted by Gasteiger charge is -2.05. The second-order valence-corrected chi connectivity index (χ2v) is 3.32. The molecular weight excluding hydrogens is 206 g/mol. The van der Waals surface area contributed by atoms with Crippen LogP contribution in [-0.4, -0.2) is 26.1 Å². The minimum atomic E-state index is -0.316. The molecule has 2 N–H and O–H groups in total. The van der Waals surface area contributed by atoms with Gasteiger partial charge in [0.1, 0.15) is 0 Å². The molecule has 0 aromatic carbocycles. The van der Waals surface area contributed by atoms with E-state index in [0.717, 1.165) is 11.9 Å². The molecule has 1 rings (SSSR count). The van der Waals surface area contributed by atoms with Crippen molar-refractivity contribution in [2.24, 2.45) is 0 Å². The molecule has 1 aromatic heterocycles. The van der Waals surface area contributed by atoms with Gasteiger partial charge in [-0.3, -0.25) is 4.79 Å². The van der Waals surface area contributed by atoms with Crippen LogP contribution in [-0.2, 0) is 9.53 Å². The van der Waals surface area contributed by atoms with Crippen LogP contribution in [0.5, 0.6) is 11.8 Å². The Morgan fingerprint density at radius 2 is 2.07 bits per heavy atom. The third-order valence-electron chi connectivity index (χ3n) is 1.49. The third-order valence-corrected chi connectivity index (χ3v) is 2.34. The van der Waals surface area contributed by atoms with Crippen LogP contribution >= 0.6 is 11.9 Å². The zero-order valence-electron chi connectivity index (χ0n) is 7.64. The fourth-order valence-electron chi connectivity index (χ4n) is 0.781. The Kier molecular flexibility index (Phi) is 3.70. The molecule has 0 aliphatic carbocycles. The van der Waals surface area contributed by atoms with Gasteiger partial charge in [0.2, 0.25) is 11.8 Å². The summed E-state index contributed by atoms with van der Waals surface area (Å²) in [7, 11) is 0. The van der Waals surface area contributed by atoms with Gasteiger partial charge < -0.3 is 14.9 Å². The Morgan fingerprint density at radius 3 is 2.57 bits per heavy atom. The van der Waals surface area contributed by atoms with E-state index in [9.17, 15) is 15.0 Å². The fraction of sp³-hybridized carbons (Fsp3) is 0.375. The fourth-order valence-corrected chi connectivity index (χ4v) is 1.46. The third kappa shape index (κ3) is 2.59. The number of ether oxygens (including phenoxy) is 1. The van der Waals surface area contributed by atoms with Gasteiger partial charge in [-0.25, -0.2) is 3.97 Å². The molecule has 1 aromatic rings. The molecule has 5 nitrogen and oxygen atoms in total. The van der Waals surface area contributed by atoms with Crippen molar-refractivity contribution >= 4 is 17.9 Å². The lowest BCUT2D eigenvalue weighted by Crippen LogP contribution is -2.02. The summed E-state index contributed by atoms with van der Waals surface area (Å²) in [5.74, 6) is -0.425. The lowest BCUT2D eigenvalue weighted by atomic mass is 10.5. The molecule has 0 unspecified atom stereocenters. The van der Waals surface area contributed by atoms with Gasteiger partial charge >= 0.3 is 5.97 Å². The first-order chi connectivity index (χ1) is 6.65. The largest absolute Gasteiger partial charge is 0.494 e. The van der Waals surface area contributed by atoms with Gasteiger partial charge in [-0.05, 0) is 0 Å². The highest BCUT2D eigenvalue weighted by Crippen LogP contribution is 2.27. The molecule has 78 valence electrons. The quantitative estimate of drug-likeness (QED) is 0.587. The number of hydrogen-bond donors (Lipinski definition) is 2. The highest BCUT2D eigenvalue weighted by atomic mass is 32.2. The minimum absolute atomic E-state index is 0.0580. The zero-order valence-corrected chi connectivity index (χ0v) is 8.45. The van der Waals surface area contributed by atoms with E-state index in [4.69, 9.17) is 4.74 Å². The summed E-state index contributed by atoms with van der Waals surface area (Å²) in [5, 5.41) is 18.4. The van der Waals surface area contributed by atoms with Crippen LogP contribution in [0.4, 0.5) is 0 Å². The van der Waals surface area contributed by atoms with Crippen molar-refractivity contribution in [1.29, 1.82) is 0 Å². The van der Waals surface area contributed by atoms with Gasteiger partial charge in [-0.15, -0.1) is 0 Å². The van der Waals surface area contributed by atoms with E-state index >= 15 is 0 Å². The Balaban J connectivity index is 2.42. The summed E-state index contributed by atoms with van der Waals surface area (Å²) in [6.07, 6.45) is 0.310. The van der Waals surface area contributed by atoms with Crippen molar-refractivity contribution in [3.05, 3.63) is 12.1 Å². The maximum absolute atomic E-state index is 10.7. The summed E-state index contributed by atoms with van der Waals surface area (Å²) < 4.78 is 5.93. The predicted octanol–water partition coefficient (Wildman–Crippen LogP) is 1.31. The molecule has 14 heavy (non-hydrogen) atoms. The average molecular weight is 217 g/mol. The van der Waals surface area contributed by atoms with Crippen molar-refractivity contribution < 1.29 is 19.7 Å². The number of rotatable bonds is 4. The monoisotopic (exact) mass is 217 g/mol. The van der Waals surface area contributed by atoms with E-state index in [2.05, 4.69) is 0 Å². The molecule has 0 amide bonds. The number of carbonyl (C=O) groups excluding carboxylic acids is 1. The van der Waals surface area contributed by atoms with Gasteiger partial charge in [0.25, 0.3) is 0 Å². The van der Waals surface area contributed by atoms with Crippen molar-refractivity contribution in [3.63, 3.8) is 0 Å². The Labute approximate surface area is 85.4 Å². The number of hydrogen-bond acceptors (Lipinski definition) is 5. The molecule has 0 atom stereocenters. The first kappa shape index (κ1) is 10.8. The van der Waals surface area contributed by atoms with Gasteiger partial charge in [-0.2, -0.15) is 0 Å². The Morgan fingerprint density at radius 1 is 1.50 bits per heavy atom. The van der Waals surface area contributed by atoms with Gasteiger partial charge in [0.05, 0.1) is 0 Å². The summed E-state index contributed by atoms with van der Waals surface area (Å²) in [4.78, 5) is 10.7. The van der Waals surface area contributed by atoms with Crippen molar-refractivity contribution in [2.45, 2.75) is 13.3 Å². The number of aromatic nitrogens is 1. The molecule has 6 heteroatoms. The highest BCUT2D eigenvalue weighted by molar-refractivity contribution is 7.97. The first-order valence-electron chi connectivity index (χ1n) is 4.03. The van der Waals surface area contributed by atoms with E-state index in [1.807, 2.05) is 0 Å². The predicted molar refractivity (Wildman–Crippen MR) is 52.0 cm³/mol. The maximum atomic E-state index is 10.7. The van der Waals surface area contributed by atoms with E-state index < -0.39 is 0 Å². The van der Waals surface area contributed by atoms with E-state index in [0.29, 0.717) is 6.42 Å². The normalized spacial score (nSPS) is 10.1. The summed E-state index contributed by atoms with van der Waals surface area (Å²) >= 11 is 0.998. The van der Waals surface area contributed by atoms with Crippen LogP contribution in [0.1, 0.15) is 13.3 Å². The van der Waals surface area contributed by atoms with Crippen molar-refractivity contribution in [2.75, 3.05) is 5.94 Å². The summed E-state index contributed by atoms with van der Waals surface area (Å²) in [6.45, 7) is 1.69. The molecule has 1 heterocycles. The average Bonchev–Trinajstić information content (AvgIpc) is 2.48. The van der Waals surface area contributed by atoms with E-state index in [-0.39, 0.29) is 23.7 Å². The molecule has 0 radical (unpaired) electrons. The SMILES string of the molecule is CCC(=O)OCSn1c(O)ccc1O. The Bertz CT molecular complexity index is 304. The first-order valence-corrected chi connectivity index (χ1v) is 4.98. The molecule has 0 aliphatic heterocycles. The topological polar surface area (TPSA) is 71.7 Å². The molecule has 0 saturated carbocycles. The molecule has 0 aliphatic rings. The molecule has 0 fully saturated rings. The Hall–Kier alpha value is -1.30. The number of nitrogens with zero attached hydrogens (tertiary/aromatic N) is 1. The van der Waals surface area contributed by atoms with Crippen LogP contribution in [0.15, 0.2) is 12.1 Å². The van der Waals surface area contributed by atoms with Crippen LogP contribution in [0.3, 0.4) is 0 Å². The minimum Gasteiger partial charge on any atom is -0.494 e. The number of aromatic hydroxyl groups is 2. The summed E-state index contributed by atoms with van der Waals surface area (Å²) in [6, 6.07) is 2.70. The molecule has 0 bridgehead atoms. The van der Waals surface area contributed by atoms with Gasteiger partial charge in [-0.1, -0.05) is 6.92 Å². The zero-order chi connectivity index (χ0) is 10.6.